The molecule has 1 saturated carbocycles. The first kappa shape index (κ1) is 27.6. The zero-order chi connectivity index (χ0) is 28.1. The number of para-hydroxylation sites is 1. The van der Waals surface area contributed by atoms with Gasteiger partial charge in [0.05, 0.1) is 12.0 Å². The number of aliphatic hydroxyl groups excluding tert-OH is 1. The molecule has 3 aliphatic rings. The summed E-state index contributed by atoms with van der Waals surface area (Å²) >= 11 is 0. The summed E-state index contributed by atoms with van der Waals surface area (Å²) in [6.45, 7) is 1.31. The van der Waals surface area contributed by atoms with Gasteiger partial charge in [-0.2, -0.15) is 0 Å². The van der Waals surface area contributed by atoms with Gasteiger partial charge in [-0.15, -0.1) is 0 Å². The van der Waals surface area contributed by atoms with Crippen LogP contribution in [0.15, 0.2) is 48.5 Å². The number of fused-ring (bicyclic) bond motifs is 1. The van der Waals surface area contributed by atoms with E-state index in [0.717, 1.165) is 30.4 Å². The Kier molecular flexibility index (Phi) is 8.64. The first-order chi connectivity index (χ1) is 19.4. The largest absolute Gasteiger partial charge is 0.393 e. The first-order valence-electron chi connectivity index (χ1n) is 14.2. The molecule has 10 heteroatoms. The fourth-order valence-corrected chi connectivity index (χ4v) is 5.97. The maximum absolute atomic E-state index is 13.2. The quantitative estimate of drug-likeness (QED) is 0.437. The Morgan fingerprint density at radius 1 is 0.825 bits per heavy atom. The van der Waals surface area contributed by atoms with Crippen molar-refractivity contribution in [1.82, 2.24) is 15.1 Å². The van der Waals surface area contributed by atoms with Crippen molar-refractivity contribution in [1.29, 1.82) is 0 Å². The molecule has 3 atom stereocenters. The number of nitrogens with one attached hydrogen (secondary N) is 3. The summed E-state index contributed by atoms with van der Waals surface area (Å²) in [6, 6.07) is 14.3. The van der Waals surface area contributed by atoms with Gasteiger partial charge >= 0.3 is 17.8 Å². The van der Waals surface area contributed by atoms with Gasteiger partial charge in [-0.25, -0.2) is 4.79 Å². The molecule has 1 aliphatic carbocycles. The van der Waals surface area contributed by atoms with Gasteiger partial charge in [0.15, 0.2) is 0 Å². The van der Waals surface area contributed by atoms with Crippen LogP contribution in [0.25, 0.3) is 0 Å². The lowest BCUT2D eigenvalue weighted by Crippen LogP contribution is -2.52. The van der Waals surface area contributed by atoms with E-state index in [-0.39, 0.29) is 43.1 Å². The van der Waals surface area contributed by atoms with Crippen molar-refractivity contribution in [3.63, 3.8) is 0 Å². The van der Waals surface area contributed by atoms with Crippen molar-refractivity contribution in [2.24, 2.45) is 5.92 Å². The van der Waals surface area contributed by atoms with E-state index in [2.05, 4.69) is 16.0 Å². The van der Waals surface area contributed by atoms with Gasteiger partial charge in [0.1, 0.15) is 0 Å². The fraction of sp³-hybridized carbons (Fsp3) is 0.467. The van der Waals surface area contributed by atoms with Crippen molar-refractivity contribution in [3.8, 4) is 0 Å². The van der Waals surface area contributed by atoms with E-state index in [1.807, 2.05) is 36.4 Å². The maximum Gasteiger partial charge on any atom is 0.323 e. The number of hydrogen-bond acceptors (Lipinski definition) is 5. The molecule has 0 radical (unpaired) electrons. The Bertz CT molecular complexity index is 1250. The summed E-state index contributed by atoms with van der Waals surface area (Å²) < 4.78 is 0. The third-order valence-electron chi connectivity index (χ3n) is 8.09. The van der Waals surface area contributed by atoms with Crippen LogP contribution in [0.5, 0.6) is 0 Å². The lowest BCUT2D eigenvalue weighted by atomic mass is 9.91. The lowest BCUT2D eigenvalue weighted by Gasteiger charge is -2.35. The summed E-state index contributed by atoms with van der Waals surface area (Å²) in [4.78, 5) is 54.9. The molecule has 2 aromatic rings. The number of urea groups is 1. The second-order valence-corrected chi connectivity index (χ2v) is 11.0. The Hall–Kier alpha value is -3.92. The lowest BCUT2D eigenvalue weighted by molar-refractivity contribution is -0.154. The molecule has 5 rings (SSSR count). The van der Waals surface area contributed by atoms with E-state index in [1.54, 1.807) is 17.0 Å². The summed E-state index contributed by atoms with van der Waals surface area (Å²) in [5, 5.41) is 18.7. The second-order valence-electron chi connectivity index (χ2n) is 11.0. The van der Waals surface area contributed by atoms with Gasteiger partial charge in [0, 0.05) is 43.6 Å². The Labute approximate surface area is 234 Å². The smallest absolute Gasteiger partial charge is 0.323 e. The molecule has 40 heavy (non-hydrogen) atoms. The zero-order valence-electron chi connectivity index (χ0n) is 22.6. The number of likely N-dealkylation sites (tertiary alicyclic amines) is 1. The van der Waals surface area contributed by atoms with E-state index in [0.29, 0.717) is 50.1 Å². The Morgan fingerprint density at radius 2 is 1.62 bits per heavy atom. The molecule has 10 nitrogen and oxygen atoms in total. The molecule has 2 aromatic carbocycles. The third kappa shape index (κ3) is 6.62. The molecule has 0 bridgehead atoms. The molecular formula is C30H37N5O5. The van der Waals surface area contributed by atoms with Gasteiger partial charge in [0.2, 0.25) is 5.91 Å². The van der Waals surface area contributed by atoms with Crippen LogP contribution in [0, 0.1) is 5.92 Å². The molecule has 2 fully saturated rings. The predicted octanol–water partition coefficient (Wildman–Crippen LogP) is 2.87. The average molecular weight is 548 g/mol. The van der Waals surface area contributed by atoms with Crippen molar-refractivity contribution in [3.05, 3.63) is 59.7 Å². The van der Waals surface area contributed by atoms with Gasteiger partial charge < -0.3 is 30.9 Å². The van der Waals surface area contributed by atoms with E-state index < -0.39 is 11.8 Å². The average Bonchev–Trinajstić information content (AvgIpc) is 2.97. The van der Waals surface area contributed by atoms with Crippen LogP contribution in [-0.2, 0) is 27.3 Å². The number of carbonyl (C=O) groups is 4. The van der Waals surface area contributed by atoms with Crippen molar-refractivity contribution in [2.75, 3.05) is 30.3 Å². The predicted molar refractivity (Wildman–Crippen MR) is 150 cm³/mol. The normalized spacial score (nSPS) is 22.6. The molecule has 212 valence electrons. The SMILES string of the molecule is O=C(Nc1ccccc1)Nc1cccc2c1CCN(C(=O)C(=O)N1CCC[C@@H](C(=O)NC3CCCC(O)C3)C1)C2. The number of anilines is 2. The van der Waals surface area contributed by atoms with Crippen LogP contribution < -0.4 is 16.0 Å². The molecule has 0 aromatic heterocycles. The fourth-order valence-electron chi connectivity index (χ4n) is 5.97. The van der Waals surface area contributed by atoms with Crippen LogP contribution in [-0.4, -0.2) is 70.4 Å². The monoisotopic (exact) mass is 547 g/mol. The van der Waals surface area contributed by atoms with Crippen molar-refractivity contribution in [2.45, 2.75) is 63.6 Å². The summed E-state index contributed by atoms with van der Waals surface area (Å²) in [7, 11) is 0. The highest BCUT2D eigenvalue weighted by Crippen LogP contribution is 2.27. The van der Waals surface area contributed by atoms with Gasteiger partial charge in [-0.1, -0.05) is 30.3 Å². The number of hydrogen-bond donors (Lipinski definition) is 4. The molecule has 5 amide bonds. The highest BCUT2D eigenvalue weighted by atomic mass is 16.3. The number of amides is 5. The van der Waals surface area contributed by atoms with E-state index in [1.165, 1.54) is 4.90 Å². The second kappa shape index (κ2) is 12.5. The maximum atomic E-state index is 13.2. The van der Waals surface area contributed by atoms with Crippen LogP contribution in [0.3, 0.4) is 0 Å². The standard InChI is InChI=1S/C30H37N5O5/c36-24-12-5-11-23(17-24)31-27(37)21-8-6-15-34(19-21)28(38)29(39)35-16-14-25-20(18-35)7-4-13-26(25)33-30(40)32-22-9-2-1-3-10-22/h1-4,7,9-10,13,21,23-24,36H,5-6,8,11-12,14-19H2,(H,31,37)(H2,32,33,40)/t21-,23?,24?/m1/s1. The summed E-state index contributed by atoms with van der Waals surface area (Å²) in [5.41, 5.74) is 3.20. The topological polar surface area (TPSA) is 131 Å². The molecule has 1 saturated heterocycles. The number of piperidine rings is 1. The Balaban J connectivity index is 1.16. The molecule has 2 aliphatic heterocycles. The van der Waals surface area contributed by atoms with Crippen LogP contribution in [0.4, 0.5) is 16.2 Å². The molecular weight excluding hydrogens is 510 g/mol. The van der Waals surface area contributed by atoms with Crippen LogP contribution >= 0.6 is 0 Å². The zero-order valence-corrected chi connectivity index (χ0v) is 22.6. The molecule has 0 spiro atoms. The minimum Gasteiger partial charge on any atom is -0.393 e. The van der Waals surface area contributed by atoms with E-state index >= 15 is 0 Å². The minimum absolute atomic E-state index is 0.0406. The van der Waals surface area contributed by atoms with E-state index in [4.69, 9.17) is 0 Å². The van der Waals surface area contributed by atoms with Crippen LogP contribution in [0.1, 0.15) is 49.7 Å². The highest BCUT2D eigenvalue weighted by molar-refractivity contribution is 6.35. The van der Waals surface area contributed by atoms with Gasteiger partial charge in [-0.05, 0) is 74.3 Å². The molecule has 2 unspecified atom stereocenters. The highest BCUT2D eigenvalue weighted by Gasteiger charge is 2.35. The number of carbonyl (C=O) groups excluding carboxylic acids is 4. The first-order valence-corrected chi connectivity index (χ1v) is 14.2. The molecule has 2 heterocycles. The van der Waals surface area contributed by atoms with Gasteiger partial charge in [-0.3, -0.25) is 14.4 Å². The summed E-state index contributed by atoms with van der Waals surface area (Å²) in [6.07, 6.45) is 4.52. The van der Waals surface area contributed by atoms with Crippen LogP contribution in [0.2, 0.25) is 0 Å². The number of rotatable bonds is 4. The number of benzene rings is 2. The van der Waals surface area contributed by atoms with Gasteiger partial charge in [0.25, 0.3) is 0 Å². The summed E-state index contributed by atoms with van der Waals surface area (Å²) in [5.74, 6) is -1.61. The Morgan fingerprint density at radius 3 is 2.42 bits per heavy atom. The minimum atomic E-state index is -0.578. The van der Waals surface area contributed by atoms with Crippen molar-refractivity contribution < 1.29 is 24.3 Å². The number of aliphatic hydroxyl groups is 1. The number of nitrogens with zero attached hydrogens (tertiary/aromatic N) is 2. The van der Waals surface area contributed by atoms with E-state index in [9.17, 15) is 24.3 Å². The van der Waals surface area contributed by atoms with Crippen molar-refractivity contribution >= 4 is 35.1 Å². The molecule has 4 N–H and O–H groups in total. The third-order valence-corrected chi connectivity index (χ3v) is 8.09.